The summed E-state index contributed by atoms with van der Waals surface area (Å²) < 4.78 is 43.9. The van der Waals surface area contributed by atoms with E-state index in [9.17, 15) is 19.5 Å². The first kappa shape index (κ1) is 29.6. The van der Waals surface area contributed by atoms with Crippen LogP contribution in [0.4, 0.5) is 10.2 Å². The molecule has 224 valence electrons. The summed E-state index contributed by atoms with van der Waals surface area (Å²) in [5, 5.41) is 11.1. The van der Waals surface area contributed by atoms with Crippen molar-refractivity contribution in [1.82, 2.24) is 19.5 Å². The highest BCUT2D eigenvalue weighted by molar-refractivity contribution is 6.28. The molecule has 5 atom stereocenters. The lowest BCUT2D eigenvalue weighted by Gasteiger charge is -2.31. The van der Waals surface area contributed by atoms with Crippen LogP contribution in [-0.2, 0) is 39.7 Å². The number of imidazole rings is 1. The predicted molar refractivity (Wildman–Crippen MR) is 141 cm³/mol. The number of hydrogen-bond donors (Lipinski definition) is 2. The van der Waals surface area contributed by atoms with Gasteiger partial charge in [-0.25, -0.2) is 23.8 Å². The van der Waals surface area contributed by atoms with Crippen molar-refractivity contribution in [1.29, 1.82) is 0 Å². The SMILES string of the molecule is CCOC(=O)C(Cc1ccc(C(=O)OC)cc1)(OC1[C@H]2O[C@@H](n3cnc4c(N)nc(Cl)nc43)[C@@H](F)[C@@]12O)C(=O)OCC. The van der Waals surface area contributed by atoms with E-state index in [1.54, 1.807) is 0 Å². The van der Waals surface area contributed by atoms with E-state index < -0.39 is 60.1 Å². The molecule has 2 fully saturated rings. The zero-order valence-electron chi connectivity index (χ0n) is 22.7. The summed E-state index contributed by atoms with van der Waals surface area (Å²) in [6.07, 6.45) is -5.51. The topological polar surface area (TPSA) is 187 Å². The van der Waals surface area contributed by atoms with Crippen molar-refractivity contribution in [3.05, 3.63) is 47.0 Å². The average Bonchev–Trinajstić information content (AvgIpc) is 3.20. The van der Waals surface area contributed by atoms with Gasteiger partial charge in [0.1, 0.15) is 17.7 Å². The fourth-order valence-corrected chi connectivity index (χ4v) is 5.15. The number of fused-ring (bicyclic) bond motifs is 2. The molecule has 0 radical (unpaired) electrons. The van der Waals surface area contributed by atoms with E-state index in [0.717, 1.165) is 0 Å². The monoisotopic (exact) mass is 607 g/mol. The highest BCUT2D eigenvalue weighted by Gasteiger charge is 2.80. The van der Waals surface area contributed by atoms with Crippen molar-refractivity contribution in [2.75, 3.05) is 26.1 Å². The van der Waals surface area contributed by atoms with Gasteiger partial charge in [0.15, 0.2) is 29.5 Å². The molecule has 1 unspecified atom stereocenters. The number of nitrogen functional groups attached to an aromatic ring is 1. The first-order chi connectivity index (χ1) is 20.0. The summed E-state index contributed by atoms with van der Waals surface area (Å²) in [6, 6.07) is 5.84. The second-order valence-electron chi connectivity index (χ2n) is 9.61. The molecular formula is C26H27ClFN5O9. The van der Waals surface area contributed by atoms with Crippen molar-refractivity contribution >= 4 is 46.5 Å². The molecule has 5 rings (SSSR count). The smallest absolute Gasteiger partial charge is 0.350 e. The molecule has 2 aromatic heterocycles. The summed E-state index contributed by atoms with van der Waals surface area (Å²) >= 11 is 5.91. The lowest BCUT2D eigenvalue weighted by atomic mass is 9.93. The normalized spacial score (nSPS) is 24.7. The molecule has 0 bridgehead atoms. The predicted octanol–water partition coefficient (Wildman–Crippen LogP) is 1.32. The Morgan fingerprint density at radius 2 is 1.81 bits per heavy atom. The van der Waals surface area contributed by atoms with Crippen molar-refractivity contribution in [2.45, 2.75) is 56.1 Å². The number of anilines is 1. The number of carbonyl (C=O) groups excluding carboxylic acids is 3. The van der Waals surface area contributed by atoms with Gasteiger partial charge in [-0.1, -0.05) is 12.1 Å². The lowest BCUT2D eigenvalue weighted by Crippen LogP contribution is -2.55. The molecular weight excluding hydrogens is 581 g/mol. The van der Waals surface area contributed by atoms with Crippen molar-refractivity contribution < 1.29 is 47.6 Å². The van der Waals surface area contributed by atoms with Gasteiger partial charge in [0, 0.05) is 6.42 Å². The number of carbonyl (C=O) groups is 3. The Kier molecular flexibility index (Phi) is 7.78. The Labute approximate surface area is 242 Å². The van der Waals surface area contributed by atoms with Crippen LogP contribution in [0.5, 0.6) is 0 Å². The van der Waals surface area contributed by atoms with Crippen LogP contribution >= 0.6 is 11.6 Å². The third-order valence-electron chi connectivity index (χ3n) is 7.12. The minimum atomic E-state index is -2.45. The van der Waals surface area contributed by atoms with Gasteiger partial charge >= 0.3 is 17.9 Å². The first-order valence-electron chi connectivity index (χ1n) is 12.9. The van der Waals surface area contributed by atoms with Crippen LogP contribution in [-0.4, -0.2) is 92.4 Å². The molecule has 1 aliphatic heterocycles. The number of halogens is 2. The molecule has 42 heavy (non-hydrogen) atoms. The largest absolute Gasteiger partial charge is 0.465 e. The van der Waals surface area contributed by atoms with E-state index in [1.165, 1.54) is 56.1 Å². The van der Waals surface area contributed by atoms with Gasteiger partial charge in [0.05, 0.1) is 32.2 Å². The maximum absolute atomic E-state index is 15.9. The van der Waals surface area contributed by atoms with Gasteiger partial charge < -0.3 is 34.5 Å². The third-order valence-corrected chi connectivity index (χ3v) is 7.29. The average molecular weight is 608 g/mol. The van der Waals surface area contributed by atoms with Gasteiger partial charge in [-0.3, -0.25) is 4.57 Å². The summed E-state index contributed by atoms with van der Waals surface area (Å²) in [7, 11) is 1.23. The van der Waals surface area contributed by atoms with Gasteiger partial charge in [-0.15, -0.1) is 0 Å². The van der Waals surface area contributed by atoms with Crippen LogP contribution in [0.1, 0.15) is 36.0 Å². The van der Waals surface area contributed by atoms with Crippen LogP contribution in [0.15, 0.2) is 30.6 Å². The van der Waals surface area contributed by atoms with Crippen LogP contribution in [0.3, 0.4) is 0 Å². The Bertz CT molecular complexity index is 1520. The van der Waals surface area contributed by atoms with Gasteiger partial charge in [0.2, 0.25) is 5.28 Å². The molecule has 0 spiro atoms. The molecule has 3 N–H and O–H groups in total. The number of ether oxygens (including phenoxy) is 5. The molecule has 14 nitrogen and oxygen atoms in total. The zero-order valence-corrected chi connectivity index (χ0v) is 23.4. The Balaban J connectivity index is 1.45. The second-order valence-corrected chi connectivity index (χ2v) is 9.95. The fourth-order valence-electron chi connectivity index (χ4n) is 4.97. The van der Waals surface area contributed by atoms with Crippen LogP contribution < -0.4 is 5.73 Å². The maximum atomic E-state index is 15.9. The van der Waals surface area contributed by atoms with E-state index in [2.05, 4.69) is 15.0 Å². The molecule has 16 heteroatoms. The standard InChI is InChI=1S/C26H27ClFN5O9/c1-4-39-22(35)25(23(36)40-5-2,10-12-6-8-13(9-7-12)21(34)38-3)42-17-16-26(17,37)15(28)20(41-16)33-11-30-14-18(29)31-24(27)32-19(14)33/h6-9,11,15-17,20,37H,4-5,10H2,1-3H3,(H2,29,31,32)/t15-,16-,17?,20-,26+/m1/s1. The zero-order chi connectivity index (χ0) is 30.4. The number of methoxy groups -OCH3 is 1. The molecule has 1 saturated heterocycles. The Hall–Kier alpha value is -3.92. The first-order valence-corrected chi connectivity index (χ1v) is 13.3. The van der Waals surface area contributed by atoms with Gasteiger partial charge in [-0.2, -0.15) is 9.97 Å². The van der Waals surface area contributed by atoms with Crippen LogP contribution in [0.2, 0.25) is 5.28 Å². The number of alkyl halides is 1. The third kappa shape index (κ3) is 4.71. The Morgan fingerprint density at radius 1 is 1.17 bits per heavy atom. The molecule has 3 aromatic rings. The summed E-state index contributed by atoms with van der Waals surface area (Å²) in [5.74, 6) is -2.84. The van der Waals surface area contributed by atoms with E-state index in [-0.39, 0.29) is 41.0 Å². The molecule has 1 aliphatic carbocycles. The number of aliphatic hydroxyl groups is 1. The van der Waals surface area contributed by atoms with Gasteiger partial charge in [0.25, 0.3) is 5.60 Å². The highest BCUT2D eigenvalue weighted by Crippen LogP contribution is 2.58. The van der Waals surface area contributed by atoms with E-state index in [0.29, 0.717) is 5.56 Å². The fraction of sp³-hybridized carbons (Fsp3) is 0.462. The number of nitrogens with zero attached hydrogens (tertiary/aromatic N) is 4. The maximum Gasteiger partial charge on any atom is 0.350 e. The van der Waals surface area contributed by atoms with Crippen LogP contribution in [0, 0.1) is 0 Å². The summed E-state index contributed by atoms with van der Waals surface area (Å²) in [6.45, 7) is 2.83. The summed E-state index contributed by atoms with van der Waals surface area (Å²) in [5.41, 5.74) is 1.95. The minimum absolute atomic E-state index is 0.0319. The number of benzene rings is 1. The van der Waals surface area contributed by atoms with E-state index in [1.807, 2.05) is 0 Å². The number of hydrogen-bond acceptors (Lipinski definition) is 13. The highest BCUT2D eigenvalue weighted by atomic mass is 35.5. The Morgan fingerprint density at radius 3 is 2.36 bits per heavy atom. The second kappa shape index (κ2) is 11.1. The lowest BCUT2D eigenvalue weighted by molar-refractivity contribution is -0.201. The van der Waals surface area contributed by atoms with Gasteiger partial charge in [-0.05, 0) is 43.1 Å². The van der Waals surface area contributed by atoms with Crippen molar-refractivity contribution in [3.63, 3.8) is 0 Å². The molecule has 1 aromatic carbocycles. The van der Waals surface area contributed by atoms with E-state index >= 15 is 4.39 Å². The molecule has 2 aliphatic rings. The minimum Gasteiger partial charge on any atom is -0.465 e. The molecule has 1 saturated carbocycles. The number of esters is 3. The van der Waals surface area contributed by atoms with Crippen LogP contribution in [0.25, 0.3) is 11.2 Å². The molecule has 3 heterocycles. The molecule has 0 amide bonds. The quantitative estimate of drug-likeness (QED) is 0.145. The summed E-state index contributed by atoms with van der Waals surface area (Å²) in [4.78, 5) is 50.5. The number of nitrogens with two attached hydrogens (primary N) is 1. The van der Waals surface area contributed by atoms with Crippen molar-refractivity contribution in [3.8, 4) is 0 Å². The number of rotatable bonds is 10. The van der Waals surface area contributed by atoms with Crippen molar-refractivity contribution in [2.24, 2.45) is 0 Å². The number of aromatic nitrogens is 4. The van der Waals surface area contributed by atoms with E-state index in [4.69, 9.17) is 41.0 Å².